The quantitative estimate of drug-likeness (QED) is 0.632. The average Bonchev–Trinajstić information content (AvgIpc) is 2.56. The van der Waals surface area contributed by atoms with E-state index in [-0.39, 0.29) is 11.6 Å². The Hall–Kier alpha value is -2.74. The van der Waals surface area contributed by atoms with Crippen molar-refractivity contribution < 1.29 is 9.18 Å². The summed E-state index contributed by atoms with van der Waals surface area (Å²) in [5.74, 6) is -0.444. The molecule has 21 heavy (non-hydrogen) atoms. The fraction of sp³-hybridized carbons (Fsp3) is 0. The number of carbonyl (C=O) groups excluding carboxylic acids is 1. The van der Waals surface area contributed by atoms with Crippen molar-refractivity contribution in [1.82, 2.24) is 0 Å². The third kappa shape index (κ3) is 2.90. The molecule has 0 unspecified atom stereocenters. The number of benzene rings is 3. The van der Waals surface area contributed by atoms with Gasteiger partial charge in [0.2, 0.25) is 0 Å². The molecule has 0 heterocycles. The van der Waals surface area contributed by atoms with Crippen molar-refractivity contribution in [2.75, 3.05) is 0 Å². The molecular weight excluding hydrogens is 263 g/mol. The van der Waals surface area contributed by atoms with Crippen LogP contribution in [0, 0.1) is 5.82 Å². The van der Waals surface area contributed by atoms with Gasteiger partial charge in [-0.3, -0.25) is 4.79 Å². The lowest BCUT2D eigenvalue weighted by Gasteiger charge is -2.04. The molecule has 0 spiro atoms. The highest BCUT2D eigenvalue weighted by molar-refractivity contribution is 6.09. The van der Waals surface area contributed by atoms with Crippen molar-refractivity contribution in [3.05, 3.63) is 95.8 Å². The molecule has 0 N–H and O–H groups in total. The zero-order valence-corrected chi connectivity index (χ0v) is 11.3. The first kappa shape index (κ1) is 13.3. The van der Waals surface area contributed by atoms with Crippen LogP contribution in [-0.2, 0) is 0 Å². The van der Waals surface area contributed by atoms with Gasteiger partial charge in [0.25, 0.3) is 0 Å². The summed E-state index contributed by atoms with van der Waals surface area (Å²) >= 11 is 0. The number of rotatable bonds is 3. The summed E-state index contributed by atoms with van der Waals surface area (Å²) in [7, 11) is 0. The summed E-state index contributed by atoms with van der Waals surface area (Å²) in [6.45, 7) is 0. The number of hydrogen-bond acceptors (Lipinski definition) is 1. The highest BCUT2D eigenvalue weighted by Gasteiger charge is 2.09. The van der Waals surface area contributed by atoms with Crippen LogP contribution in [0.1, 0.15) is 15.9 Å². The molecule has 0 aromatic heterocycles. The number of hydrogen-bond donors (Lipinski definition) is 0. The summed E-state index contributed by atoms with van der Waals surface area (Å²) in [6, 6.07) is 23.0. The maximum atomic E-state index is 12.9. The smallest absolute Gasteiger partial charge is 0.193 e. The number of halogens is 1. The van der Waals surface area contributed by atoms with E-state index in [0.29, 0.717) is 11.1 Å². The molecule has 0 aliphatic heterocycles. The highest BCUT2D eigenvalue weighted by atomic mass is 19.1. The van der Waals surface area contributed by atoms with Crippen molar-refractivity contribution in [3.63, 3.8) is 0 Å². The molecule has 0 radical (unpaired) electrons. The van der Waals surface area contributed by atoms with Crippen LogP contribution in [-0.4, -0.2) is 5.78 Å². The Balaban J connectivity index is 1.87. The maximum absolute atomic E-state index is 12.9. The lowest BCUT2D eigenvalue weighted by Crippen LogP contribution is -2.00. The van der Waals surface area contributed by atoms with Gasteiger partial charge >= 0.3 is 0 Å². The van der Waals surface area contributed by atoms with E-state index in [0.717, 1.165) is 11.1 Å². The lowest BCUT2D eigenvalue weighted by atomic mass is 9.99. The van der Waals surface area contributed by atoms with E-state index in [4.69, 9.17) is 0 Å². The largest absolute Gasteiger partial charge is 0.289 e. The van der Waals surface area contributed by atoms with Crippen LogP contribution in [0.25, 0.3) is 11.1 Å². The molecule has 2 heteroatoms. The van der Waals surface area contributed by atoms with E-state index in [1.54, 1.807) is 12.1 Å². The average molecular weight is 276 g/mol. The van der Waals surface area contributed by atoms with E-state index in [2.05, 4.69) is 0 Å². The minimum atomic E-state index is -0.342. The maximum Gasteiger partial charge on any atom is 0.193 e. The van der Waals surface area contributed by atoms with E-state index in [9.17, 15) is 9.18 Å². The van der Waals surface area contributed by atoms with Gasteiger partial charge in [-0.25, -0.2) is 4.39 Å². The van der Waals surface area contributed by atoms with Crippen LogP contribution in [0.4, 0.5) is 4.39 Å². The third-order valence-corrected chi connectivity index (χ3v) is 3.36. The zero-order chi connectivity index (χ0) is 14.7. The van der Waals surface area contributed by atoms with Crippen LogP contribution < -0.4 is 0 Å². The van der Waals surface area contributed by atoms with Gasteiger partial charge < -0.3 is 0 Å². The lowest BCUT2D eigenvalue weighted by molar-refractivity contribution is 0.103. The molecule has 3 aromatic rings. The zero-order valence-electron chi connectivity index (χ0n) is 11.3. The highest BCUT2D eigenvalue weighted by Crippen LogP contribution is 2.20. The van der Waals surface area contributed by atoms with E-state index in [1.165, 1.54) is 24.3 Å². The topological polar surface area (TPSA) is 17.1 Å². The summed E-state index contributed by atoms with van der Waals surface area (Å²) in [4.78, 5) is 12.3. The molecule has 0 fully saturated rings. The molecule has 0 aliphatic carbocycles. The van der Waals surface area contributed by atoms with Crippen molar-refractivity contribution in [2.24, 2.45) is 0 Å². The van der Waals surface area contributed by atoms with Crippen LogP contribution in [0.3, 0.4) is 0 Å². The first-order valence-corrected chi connectivity index (χ1v) is 6.70. The molecule has 0 saturated heterocycles. The number of ketones is 1. The Morgan fingerprint density at radius 2 is 1.10 bits per heavy atom. The van der Waals surface area contributed by atoms with E-state index < -0.39 is 0 Å². The van der Waals surface area contributed by atoms with Gasteiger partial charge in [0.15, 0.2) is 5.78 Å². The number of carbonyl (C=O) groups is 1. The van der Waals surface area contributed by atoms with Gasteiger partial charge in [-0.2, -0.15) is 0 Å². The Morgan fingerprint density at radius 1 is 0.619 bits per heavy atom. The monoisotopic (exact) mass is 276 g/mol. The third-order valence-electron chi connectivity index (χ3n) is 3.36. The summed E-state index contributed by atoms with van der Waals surface area (Å²) in [5, 5.41) is 0. The minimum absolute atomic E-state index is 0.102. The van der Waals surface area contributed by atoms with Crippen molar-refractivity contribution in [1.29, 1.82) is 0 Å². The Bertz CT molecular complexity index is 744. The van der Waals surface area contributed by atoms with E-state index >= 15 is 0 Å². The van der Waals surface area contributed by atoms with Crippen LogP contribution in [0.5, 0.6) is 0 Å². The Labute approximate surface area is 122 Å². The fourth-order valence-corrected chi connectivity index (χ4v) is 2.21. The van der Waals surface area contributed by atoms with Crippen molar-refractivity contribution >= 4 is 5.78 Å². The van der Waals surface area contributed by atoms with Gasteiger partial charge in [-0.05, 0) is 35.4 Å². The second-order valence-corrected chi connectivity index (χ2v) is 4.78. The van der Waals surface area contributed by atoms with Gasteiger partial charge in [-0.15, -0.1) is 0 Å². The summed E-state index contributed by atoms with van der Waals surface area (Å²) in [5.41, 5.74) is 3.26. The van der Waals surface area contributed by atoms with Gasteiger partial charge in [0.05, 0.1) is 0 Å². The van der Waals surface area contributed by atoms with Crippen LogP contribution in [0.2, 0.25) is 0 Å². The Morgan fingerprint density at radius 3 is 1.67 bits per heavy atom. The van der Waals surface area contributed by atoms with Crippen molar-refractivity contribution in [2.45, 2.75) is 0 Å². The molecule has 1 nitrogen and oxygen atoms in total. The molecule has 3 rings (SSSR count). The second kappa shape index (κ2) is 5.71. The molecule has 0 aliphatic rings. The SMILES string of the molecule is O=C(c1ccc(F)cc1)c1ccc(-c2ccccc2)cc1. The van der Waals surface area contributed by atoms with Crippen molar-refractivity contribution in [3.8, 4) is 11.1 Å². The normalized spacial score (nSPS) is 10.3. The second-order valence-electron chi connectivity index (χ2n) is 4.78. The Kier molecular flexibility index (Phi) is 3.61. The first-order valence-electron chi connectivity index (χ1n) is 6.70. The molecular formula is C19H13FO. The predicted octanol–water partition coefficient (Wildman–Crippen LogP) is 4.72. The van der Waals surface area contributed by atoms with Crippen LogP contribution in [0.15, 0.2) is 78.9 Å². The molecule has 3 aromatic carbocycles. The molecule has 0 atom stereocenters. The standard InChI is InChI=1S/C19H13FO/c20-18-12-10-17(11-13-18)19(21)16-8-6-15(7-9-16)14-4-2-1-3-5-14/h1-13H. The van der Waals surface area contributed by atoms with Crippen LogP contribution >= 0.6 is 0 Å². The minimum Gasteiger partial charge on any atom is -0.289 e. The molecule has 0 saturated carbocycles. The summed E-state index contributed by atoms with van der Waals surface area (Å²) < 4.78 is 12.9. The van der Waals surface area contributed by atoms with Gasteiger partial charge in [0.1, 0.15) is 5.82 Å². The van der Waals surface area contributed by atoms with Gasteiger partial charge in [-0.1, -0.05) is 54.6 Å². The fourth-order valence-electron chi connectivity index (χ4n) is 2.21. The van der Waals surface area contributed by atoms with E-state index in [1.807, 2.05) is 42.5 Å². The molecule has 0 amide bonds. The summed E-state index contributed by atoms with van der Waals surface area (Å²) in [6.07, 6.45) is 0. The predicted molar refractivity (Wildman–Crippen MR) is 81.7 cm³/mol. The first-order chi connectivity index (χ1) is 10.2. The molecule has 0 bridgehead atoms. The van der Waals surface area contributed by atoms with Gasteiger partial charge in [0, 0.05) is 11.1 Å². The molecule has 102 valence electrons.